The van der Waals surface area contributed by atoms with E-state index < -0.39 is 0 Å². The van der Waals surface area contributed by atoms with Crippen LogP contribution in [0.4, 0.5) is 0 Å². The van der Waals surface area contributed by atoms with E-state index in [1.807, 2.05) is 0 Å². The zero-order valence-corrected chi connectivity index (χ0v) is 11.8. The molecule has 0 saturated carbocycles. The van der Waals surface area contributed by atoms with Gasteiger partial charge in [-0.15, -0.1) is 0 Å². The molecule has 0 unspecified atom stereocenters. The van der Waals surface area contributed by atoms with Gasteiger partial charge in [0.1, 0.15) is 0 Å². The second kappa shape index (κ2) is 3.88. The van der Waals surface area contributed by atoms with Gasteiger partial charge in [-0.25, -0.2) is 0 Å². The molecular formula is C7H5I3. The summed E-state index contributed by atoms with van der Waals surface area (Å²) in [5, 5.41) is 0. The summed E-state index contributed by atoms with van der Waals surface area (Å²) < 4.78 is 4.07. The Morgan fingerprint density at radius 3 is 2.00 bits per heavy atom. The summed E-state index contributed by atoms with van der Waals surface area (Å²) in [7, 11) is 0. The Morgan fingerprint density at radius 2 is 1.50 bits per heavy atom. The van der Waals surface area contributed by atoms with Gasteiger partial charge in [0.15, 0.2) is 0 Å². The third-order valence-electron chi connectivity index (χ3n) is 1.27. The van der Waals surface area contributed by atoms with Gasteiger partial charge in [-0.05, 0) is 92.4 Å². The van der Waals surface area contributed by atoms with Crippen LogP contribution in [0.3, 0.4) is 0 Å². The van der Waals surface area contributed by atoms with Crippen LogP contribution in [0.25, 0.3) is 0 Å². The first-order valence-corrected chi connectivity index (χ1v) is 5.96. The van der Waals surface area contributed by atoms with Gasteiger partial charge >= 0.3 is 0 Å². The molecule has 0 saturated heterocycles. The maximum absolute atomic E-state index is 2.38. The second-order valence-corrected chi connectivity index (χ2v) is 5.37. The van der Waals surface area contributed by atoms with Crippen molar-refractivity contribution in [1.82, 2.24) is 0 Å². The minimum absolute atomic E-state index is 1.34. The van der Waals surface area contributed by atoms with Crippen molar-refractivity contribution in [3.63, 3.8) is 0 Å². The number of rotatable bonds is 0. The number of hydrogen-bond donors (Lipinski definition) is 0. The molecule has 0 fully saturated rings. The Kier molecular flexibility index (Phi) is 3.69. The normalized spacial score (nSPS) is 10.0. The summed E-state index contributed by atoms with van der Waals surface area (Å²) >= 11 is 7.10. The number of benzene rings is 1. The van der Waals surface area contributed by atoms with Crippen molar-refractivity contribution >= 4 is 67.8 Å². The smallest absolute Gasteiger partial charge is 0.0303 e. The van der Waals surface area contributed by atoms with Gasteiger partial charge < -0.3 is 0 Å². The van der Waals surface area contributed by atoms with Crippen LogP contribution in [-0.2, 0) is 0 Å². The minimum atomic E-state index is 1.34. The van der Waals surface area contributed by atoms with Crippen LogP contribution in [0.2, 0.25) is 0 Å². The number of halogens is 3. The quantitative estimate of drug-likeness (QED) is 0.400. The van der Waals surface area contributed by atoms with E-state index in [9.17, 15) is 0 Å². The zero-order chi connectivity index (χ0) is 7.72. The van der Waals surface area contributed by atoms with Crippen molar-refractivity contribution in [3.8, 4) is 0 Å². The zero-order valence-electron chi connectivity index (χ0n) is 5.29. The highest BCUT2D eigenvalue weighted by molar-refractivity contribution is 14.1. The fraction of sp³-hybridized carbons (Fsp3) is 0.143. The molecule has 10 heavy (non-hydrogen) atoms. The molecule has 0 amide bonds. The van der Waals surface area contributed by atoms with Gasteiger partial charge in [-0.3, -0.25) is 0 Å². The first-order valence-electron chi connectivity index (χ1n) is 2.73. The van der Waals surface area contributed by atoms with Crippen LogP contribution in [0, 0.1) is 17.6 Å². The van der Waals surface area contributed by atoms with E-state index >= 15 is 0 Å². The monoisotopic (exact) mass is 470 g/mol. The fourth-order valence-corrected chi connectivity index (χ4v) is 2.65. The van der Waals surface area contributed by atoms with Crippen LogP contribution >= 0.6 is 67.8 Å². The first kappa shape index (κ1) is 9.50. The molecule has 0 heterocycles. The third-order valence-corrected chi connectivity index (χ3v) is 5.76. The lowest BCUT2D eigenvalue weighted by Crippen LogP contribution is -1.87. The lowest BCUT2D eigenvalue weighted by Gasteiger charge is -2.02. The average molecular weight is 470 g/mol. The minimum Gasteiger partial charge on any atom is -0.0474 e. The predicted octanol–water partition coefficient (Wildman–Crippen LogP) is 3.81. The molecule has 1 aromatic carbocycles. The van der Waals surface area contributed by atoms with E-state index in [-0.39, 0.29) is 0 Å². The molecule has 0 aliphatic heterocycles. The van der Waals surface area contributed by atoms with Crippen LogP contribution in [-0.4, -0.2) is 0 Å². The third kappa shape index (κ3) is 1.96. The van der Waals surface area contributed by atoms with Crippen LogP contribution in [0.5, 0.6) is 0 Å². The van der Waals surface area contributed by atoms with E-state index in [0.29, 0.717) is 0 Å². The molecule has 0 aromatic heterocycles. The topological polar surface area (TPSA) is 0 Å². The number of hydrogen-bond acceptors (Lipinski definition) is 0. The summed E-state index contributed by atoms with van der Waals surface area (Å²) in [6.45, 7) is 2.16. The maximum Gasteiger partial charge on any atom is 0.0303 e. The molecule has 54 valence electrons. The molecule has 1 aromatic rings. The van der Waals surface area contributed by atoms with E-state index in [4.69, 9.17) is 0 Å². The van der Waals surface area contributed by atoms with Crippen molar-refractivity contribution in [2.24, 2.45) is 0 Å². The highest BCUT2D eigenvalue weighted by Crippen LogP contribution is 2.22. The second-order valence-electron chi connectivity index (χ2n) is 1.97. The van der Waals surface area contributed by atoms with Crippen molar-refractivity contribution in [2.75, 3.05) is 0 Å². The summed E-state index contributed by atoms with van der Waals surface area (Å²) in [5.74, 6) is 0. The molecule has 0 spiro atoms. The molecule has 0 radical (unpaired) electrons. The Hall–Kier alpha value is 1.41. The van der Waals surface area contributed by atoms with E-state index in [2.05, 4.69) is 86.8 Å². The molecule has 0 aliphatic rings. The Morgan fingerprint density at radius 1 is 1.00 bits per heavy atom. The molecular weight excluding hydrogens is 465 g/mol. The highest BCUT2D eigenvalue weighted by atomic mass is 127. The van der Waals surface area contributed by atoms with Crippen molar-refractivity contribution < 1.29 is 0 Å². The average Bonchev–Trinajstić information content (AvgIpc) is 1.93. The van der Waals surface area contributed by atoms with Crippen molar-refractivity contribution in [1.29, 1.82) is 0 Å². The highest BCUT2D eigenvalue weighted by Gasteiger charge is 2.01. The molecule has 3 heteroatoms. The van der Waals surface area contributed by atoms with Crippen LogP contribution in [0.15, 0.2) is 12.1 Å². The summed E-state index contributed by atoms with van der Waals surface area (Å²) in [4.78, 5) is 0. The van der Waals surface area contributed by atoms with Gasteiger partial charge in [0.2, 0.25) is 0 Å². The van der Waals surface area contributed by atoms with E-state index in [0.717, 1.165) is 0 Å². The molecule has 1 rings (SSSR count). The summed E-state index contributed by atoms with van der Waals surface area (Å²) in [5.41, 5.74) is 1.40. The van der Waals surface area contributed by atoms with Gasteiger partial charge in [-0.2, -0.15) is 0 Å². The van der Waals surface area contributed by atoms with Gasteiger partial charge in [-0.1, -0.05) is 0 Å². The van der Waals surface area contributed by atoms with Crippen molar-refractivity contribution in [2.45, 2.75) is 6.92 Å². The van der Waals surface area contributed by atoms with Crippen LogP contribution < -0.4 is 0 Å². The van der Waals surface area contributed by atoms with Gasteiger partial charge in [0.25, 0.3) is 0 Å². The Bertz CT molecular complexity index is 228. The van der Waals surface area contributed by atoms with Crippen molar-refractivity contribution in [3.05, 3.63) is 28.4 Å². The standard InChI is InChI=1S/C7H5I3/c1-4-5(8)2-3-6(9)7(4)10/h2-3H,1H3. The lowest BCUT2D eigenvalue weighted by molar-refractivity contribution is 1.36. The SMILES string of the molecule is Cc1c(I)ccc(I)c1I. The fourth-order valence-electron chi connectivity index (χ4n) is 0.628. The van der Waals surface area contributed by atoms with Gasteiger partial charge in [0, 0.05) is 10.7 Å². The molecule has 0 N–H and O–H groups in total. The molecule has 0 aliphatic carbocycles. The summed E-state index contributed by atoms with van der Waals surface area (Å²) in [6.07, 6.45) is 0. The van der Waals surface area contributed by atoms with Crippen LogP contribution in [0.1, 0.15) is 5.56 Å². The molecule has 0 bridgehead atoms. The Balaban J connectivity index is 3.34. The maximum atomic E-state index is 2.38. The van der Waals surface area contributed by atoms with E-state index in [1.54, 1.807) is 0 Å². The Labute approximate surface area is 102 Å². The van der Waals surface area contributed by atoms with E-state index in [1.165, 1.54) is 16.3 Å². The lowest BCUT2D eigenvalue weighted by atomic mass is 10.2. The summed E-state index contributed by atoms with van der Waals surface area (Å²) in [6, 6.07) is 4.30. The predicted molar refractivity (Wildman–Crippen MR) is 69.3 cm³/mol. The largest absolute Gasteiger partial charge is 0.0474 e. The van der Waals surface area contributed by atoms with Gasteiger partial charge in [0.05, 0.1) is 0 Å². The molecule has 0 nitrogen and oxygen atoms in total. The first-order chi connectivity index (χ1) is 4.63. The molecule has 0 atom stereocenters.